The number of rotatable bonds is 3. The van der Waals surface area contributed by atoms with Crippen molar-refractivity contribution in [2.75, 3.05) is 11.1 Å². The lowest BCUT2D eigenvalue weighted by Gasteiger charge is -2.16. The Balaban J connectivity index is 2.65. The van der Waals surface area contributed by atoms with E-state index >= 15 is 0 Å². The lowest BCUT2D eigenvalue weighted by molar-refractivity contribution is 0.564. The van der Waals surface area contributed by atoms with Crippen molar-refractivity contribution in [2.24, 2.45) is 0 Å². The van der Waals surface area contributed by atoms with Crippen LogP contribution in [0.4, 0.5) is 11.4 Å². The maximum absolute atomic E-state index is 11.6. The lowest BCUT2D eigenvalue weighted by Crippen LogP contribution is -2.18. The molecule has 90 valence electrons. The highest BCUT2D eigenvalue weighted by Crippen LogP contribution is 2.27. The minimum absolute atomic E-state index is 0.143. The molecule has 0 fully saturated rings. The van der Waals surface area contributed by atoms with Gasteiger partial charge in [0.2, 0.25) is 0 Å². The molecule has 1 atom stereocenters. The Bertz CT molecular complexity index is 589. The Morgan fingerprint density at radius 1 is 1.41 bits per heavy atom. The second-order valence-electron chi connectivity index (χ2n) is 4.13. The normalized spacial score (nSPS) is 12.6. The summed E-state index contributed by atoms with van der Waals surface area (Å²) in [5.74, 6) is 0. The van der Waals surface area contributed by atoms with E-state index in [1.807, 2.05) is 25.1 Å². The van der Waals surface area contributed by atoms with Gasteiger partial charge in [-0.3, -0.25) is 0 Å². The average molecular weight is 232 g/mol. The molecule has 1 unspecified atom stereocenters. The predicted molar refractivity (Wildman–Crippen MR) is 70.3 cm³/mol. The molecule has 0 saturated heterocycles. The van der Waals surface area contributed by atoms with E-state index in [9.17, 15) is 4.79 Å². The summed E-state index contributed by atoms with van der Waals surface area (Å²) in [7, 11) is 0. The van der Waals surface area contributed by atoms with Gasteiger partial charge in [0.25, 0.3) is 0 Å². The fourth-order valence-corrected chi connectivity index (χ4v) is 1.67. The van der Waals surface area contributed by atoms with E-state index < -0.39 is 5.63 Å². The quantitative estimate of drug-likeness (QED) is 0.798. The molecular weight excluding hydrogens is 216 g/mol. The molecule has 0 bridgehead atoms. The van der Waals surface area contributed by atoms with Crippen molar-refractivity contribution < 1.29 is 4.42 Å². The minimum Gasteiger partial charge on any atom is -0.421 e. The summed E-state index contributed by atoms with van der Waals surface area (Å²) in [4.78, 5) is 11.6. The largest absolute Gasteiger partial charge is 0.421 e. The van der Waals surface area contributed by atoms with Gasteiger partial charge in [-0.25, -0.2) is 4.79 Å². The molecule has 17 heavy (non-hydrogen) atoms. The van der Waals surface area contributed by atoms with Gasteiger partial charge < -0.3 is 15.5 Å². The number of para-hydroxylation sites is 1. The van der Waals surface area contributed by atoms with Gasteiger partial charge in [0, 0.05) is 11.4 Å². The van der Waals surface area contributed by atoms with Crippen molar-refractivity contribution in [2.45, 2.75) is 26.3 Å². The van der Waals surface area contributed by atoms with E-state index in [0.29, 0.717) is 11.3 Å². The average Bonchev–Trinajstić information content (AvgIpc) is 2.34. The van der Waals surface area contributed by atoms with Crippen LogP contribution in [0.25, 0.3) is 11.0 Å². The van der Waals surface area contributed by atoms with Crippen molar-refractivity contribution in [3.63, 3.8) is 0 Å². The summed E-state index contributed by atoms with van der Waals surface area (Å²) in [5.41, 5.74) is 6.66. The molecular formula is C13H16N2O2. The van der Waals surface area contributed by atoms with Gasteiger partial charge in [-0.1, -0.05) is 19.1 Å². The maximum atomic E-state index is 11.6. The topological polar surface area (TPSA) is 68.3 Å². The zero-order valence-corrected chi connectivity index (χ0v) is 9.99. The van der Waals surface area contributed by atoms with Gasteiger partial charge in [0.1, 0.15) is 11.3 Å². The number of fused-ring (bicyclic) bond motifs is 1. The van der Waals surface area contributed by atoms with E-state index in [1.54, 1.807) is 6.07 Å². The third-order valence-electron chi connectivity index (χ3n) is 2.85. The predicted octanol–water partition coefficient (Wildman–Crippen LogP) is 2.59. The smallest absolute Gasteiger partial charge is 0.361 e. The summed E-state index contributed by atoms with van der Waals surface area (Å²) in [5, 5.41) is 4.10. The van der Waals surface area contributed by atoms with Gasteiger partial charge in [-0.05, 0) is 25.5 Å². The first-order valence-electron chi connectivity index (χ1n) is 5.71. The van der Waals surface area contributed by atoms with Crippen LogP contribution in [-0.2, 0) is 0 Å². The molecule has 4 heteroatoms. The molecule has 0 radical (unpaired) electrons. The molecule has 1 aromatic carbocycles. The van der Waals surface area contributed by atoms with Gasteiger partial charge in [0.05, 0.1) is 5.69 Å². The van der Waals surface area contributed by atoms with Crippen LogP contribution >= 0.6 is 0 Å². The maximum Gasteiger partial charge on any atom is 0.361 e. The number of hydrogen-bond acceptors (Lipinski definition) is 4. The van der Waals surface area contributed by atoms with E-state index in [2.05, 4.69) is 12.2 Å². The van der Waals surface area contributed by atoms with Crippen LogP contribution in [0.3, 0.4) is 0 Å². The summed E-state index contributed by atoms with van der Waals surface area (Å²) >= 11 is 0. The first-order chi connectivity index (χ1) is 8.13. The molecule has 0 amide bonds. The Labute approximate surface area is 99.4 Å². The van der Waals surface area contributed by atoms with Gasteiger partial charge in [-0.15, -0.1) is 0 Å². The van der Waals surface area contributed by atoms with Crippen molar-refractivity contribution in [3.05, 3.63) is 34.7 Å². The van der Waals surface area contributed by atoms with Gasteiger partial charge in [0.15, 0.2) is 0 Å². The summed E-state index contributed by atoms with van der Waals surface area (Å²) < 4.78 is 5.13. The standard InChI is InChI=1S/C13H16N2O2/c1-3-8(2)15-12-9-6-4-5-7-10(9)17-13(16)11(12)14/h4-8,15H,3,14H2,1-2H3. The van der Waals surface area contributed by atoms with E-state index in [1.165, 1.54) is 0 Å². The van der Waals surface area contributed by atoms with Crippen LogP contribution in [0.1, 0.15) is 20.3 Å². The SMILES string of the molecule is CCC(C)Nc1c(N)c(=O)oc2ccccc12. The second kappa shape index (κ2) is 4.49. The van der Waals surface area contributed by atoms with Crippen molar-refractivity contribution in [1.82, 2.24) is 0 Å². The van der Waals surface area contributed by atoms with E-state index in [0.717, 1.165) is 11.8 Å². The molecule has 4 nitrogen and oxygen atoms in total. The number of hydrogen-bond donors (Lipinski definition) is 2. The number of benzene rings is 1. The molecule has 0 aliphatic carbocycles. The third-order valence-corrected chi connectivity index (χ3v) is 2.85. The van der Waals surface area contributed by atoms with Gasteiger partial charge in [-0.2, -0.15) is 0 Å². The molecule has 0 saturated carbocycles. The zero-order chi connectivity index (χ0) is 12.4. The van der Waals surface area contributed by atoms with E-state index in [4.69, 9.17) is 10.2 Å². The highest BCUT2D eigenvalue weighted by atomic mass is 16.4. The number of anilines is 2. The fourth-order valence-electron chi connectivity index (χ4n) is 1.67. The fraction of sp³-hybridized carbons (Fsp3) is 0.308. The van der Waals surface area contributed by atoms with Crippen LogP contribution in [0.2, 0.25) is 0 Å². The molecule has 3 N–H and O–H groups in total. The number of nitrogen functional groups attached to an aromatic ring is 1. The minimum atomic E-state index is -0.491. The highest BCUT2D eigenvalue weighted by Gasteiger charge is 2.12. The number of nitrogens with one attached hydrogen (secondary N) is 1. The molecule has 0 aliphatic rings. The monoisotopic (exact) mass is 232 g/mol. The summed E-state index contributed by atoms with van der Waals surface area (Å²) in [6, 6.07) is 7.62. The third kappa shape index (κ3) is 2.11. The molecule has 1 heterocycles. The number of nitrogens with two attached hydrogens (primary N) is 1. The Morgan fingerprint density at radius 2 is 2.12 bits per heavy atom. The summed E-state index contributed by atoms with van der Waals surface area (Å²) in [6.07, 6.45) is 0.952. The van der Waals surface area contributed by atoms with Crippen LogP contribution in [0.5, 0.6) is 0 Å². The van der Waals surface area contributed by atoms with Crippen LogP contribution in [0, 0.1) is 0 Å². The second-order valence-corrected chi connectivity index (χ2v) is 4.13. The molecule has 2 aromatic rings. The highest BCUT2D eigenvalue weighted by molar-refractivity contribution is 5.95. The van der Waals surface area contributed by atoms with Crippen LogP contribution < -0.4 is 16.7 Å². The Kier molecular flexibility index (Phi) is 3.04. The van der Waals surface area contributed by atoms with E-state index in [-0.39, 0.29) is 11.7 Å². The van der Waals surface area contributed by atoms with Crippen molar-refractivity contribution in [3.8, 4) is 0 Å². The van der Waals surface area contributed by atoms with Crippen molar-refractivity contribution in [1.29, 1.82) is 0 Å². The molecule has 2 rings (SSSR count). The Hall–Kier alpha value is -1.97. The van der Waals surface area contributed by atoms with Crippen LogP contribution in [-0.4, -0.2) is 6.04 Å². The first kappa shape index (κ1) is 11.5. The zero-order valence-electron chi connectivity index (χ0n) is 9.99. The lowest BCUT2D eigenvalue weighted by atomic mass is 10.1. The Morgan fingerprint density at radius 3 is 2.82 bits per heavy atom. The van der Waals surface area contributed by atoms with Crippen LogP contribution in [0.15, 0.2) is 33.5 Å². The molecule has 1 aromatic heterocycles. The van der Waals surface area contributed by atoms with Crippen molar-refractivity contribution >= 4 is 22.3 Å². The van der Waals surface area contributed by atoms with Gasteiger partial charge >= 0.3 is 5.63 Å². The molecule has 0 aliphatic heterocycles. The summed E-state index contributed by atoms with van der Waals surface area (Å²) in [6.45, 7) is 4.12. The molecule has 0 spiro atoms. The first-order valence-corrected chi connectivity index (χ1v) is 5.71.